The van der Waals surface area contributed by atoms with Crippen molar-refractivity contribution < 1.29 is 14.3 Å². The van der Waals surface area contributed by atoms with Crippen molar-refractivity contribution in [2.75, 3.05) is 20.8 Å². The van der Waals surface area contributed by atoms with Crippen LogP contribution >= 0.6 is 12.4 Å². The summed E-state index contributed by atoms with van der Waals surface area (Å²) in [5.74, 6) is 1.44. The highest BCUT2D eigenvalue weighted by atomic mass is 35.5. The number of hydrogen-bond acceptors (Lipinski definition) is 4. The molecule has 1 saturated heterocycles. The molecule has 1 aromatic rings. The van der Waals surface area contributed by atoms with Crippen LogP contribution in [0.1, 0.15) is 37.3 Å². The van der Waals surface area contributed by atoms with Gasteiger partial charge in [0.05, 0.1) is 12.7 Å². The van der Waals surface area contributed by atoms with Gasteiger partial charge in [0.15, 0.2) is 0 Å². The first kappa shape index (κ1) is 17.7. The number of Topliss-reactive ketones (excluding diaryl/α,β-unsaturated/α-hetero) is 1. The maximum absolute atomic E-state index is 12.5. The molecule has 0 spiro atoms. The molecule has 132 valence electrons. The Bertz CT molecular complexity index is 664. The van der Waals surface area contributed by atoms with Gasteiger partial charge in [-0.1, -0.05) is 13.0 Å². The van der Waals surface area contributed by atoms with E-state index in [9.17, 15) is 4.79 Å². The predicted octanol–water partition coefficient (Wildman–Crippen LogP) is 2.66. The number of carbonyl (C=O) groups is 1. The summed E-state index contributed by atoms with van der Waals surface area (Å²) in [6.45, 7) is 3.12. The number of fused-ring (bicyclic) bond motifs is 1. The van der Waals surface area contributed by atoms with E-state index >= 15 is 0 Å². The molecule has 0 unspecified atom stereocenters. The van der Waals surface area contributed by atoms with Crippen molar-refractivity contribution in [1.29, 1.82) is 0 Å². The summed E-state index contributed by atoms with van der Waals surface area (Å²) in [7, 11) is 3.53. The highest BCUT2D eigenvalue weighted by molar-refractivity contribution is 5.85. The van der Waals surface area contributed by atoms with E-state index in [0.717, 1.165) is 25.1 Å². The van der Waals surface area contributed by atoms with Gasteiger partial charge < -0.3 is 14.8 Å². The van der Waals surface area contributed by atoms with Crippen molar-refractivity contribution in [3.63, 3.8) is 0 Å². The molecule has 1 heterocycles. The second-order valence-corrected chi connectivity index (χ2v) is 7.38. The molecule has 2 bridgehead atoms. The normalized spacial score (nSPS) is 37.0. The van der Waals surface area contributed by atoms with E-state index in [1.54, 1.807) is 7.11 Å². The number of piperidine rings is 1. The van der Waals surface area contributed by atoms with Crippen LogP contribution in [0.5, 0.6) is 5.75 Å². The minimum atomic E-state index is -0.307. The van der Waals surface area contributed by atoms with Gasteiger partial charge in [0, 0.05) is 31.4 Å². The van der Waals surface area contributed by atoms with Crippen LogP contribution in [0.4, 0.5) is 0 Å². The van der Waals surface area contributed by atoms with Gasteiger partial charge in [0.1, 0.15) is 11.5 Å². The number of ether oxygens (including phenoxy) is 2. The van der Waals surface area contributed by atoms with E-state index in [2.05, 4.69) is 24.4 Å². The maximum Gasteiger partial charge on any atom is 0.134 e. The van der Waals surface area contributed by atoms with Crippen molar-refractivity contribution in [3.05, 3.63) is 29.3 Å². The molecular weight excluding hydrogens is 326 g/mol. The van der Waals surface area contributed by atoms with Crippen LogP contribution in [-0.2, 0) is 21.4 Å². The van der Waals surface area contributed by atoms with Crippen molar-refractivity contribution in [2.24, 2.45) is 5.92 Å². The zero-order valence-electron chi connectivity index (χ0n) is 14.6. The number of halogens is 1. The maximum atomic E-state index is 12.5. The molecule has 4 atom stereocenters. The lowest BCUT2D eigenvalue weighted by molar-refractivity contribution is -0.182. The summed E-state index contributed by atoms with van der Waals surface area (Å²) in [5, 5.41) is 3.68. The first-order valence-electron chi connectivity index (χ1n) is 8.55. The number of hydrogen-bond donors (Lipinski definition) is 1. The average Bonchev–Trinajstić information content (AvgIpc) is 2.54. The molecule has 1 saturated carbocycles. The van der Waals surface area contributed by atoms with Crippen molar-refractivity contribution in [1.82, 2.24) is 5.32 Å². The van der Waals surface area contributed by atoms with Crippen LogP contribution in [-0.4, -0.2) is 38.2 Å². The molecule has 4 rings (SSSR count). The van der Waals surface area contributed by atoms with Gasteiger partial charge in [-0.2, -0.15) is 0 Å². The van der Waals surface area contributed by atoms with E-state index in [0.29, 0.717) is 18.6 Å². The number of nitrogens with one attached hydrogen (secondary N) is 1. The molecule has 4 nitrogen and oxygen atoms in total. The fourth-order valence-corrected chi connectivity index (χ4v) is 5.81. The van der Waals surface area contributed by atoms with Crippen LogP contribution in [0, 0.1) is 5.92 Å². The summed E-state index contributed by atoms with van der Waals surface area (Å²) in [5.41, 5.74) is 2.07. The summed E-state index contributed by atoms with van der Waals surface area (Å²) < 4.78 is 11.7. The van der Waals surface area contributed by atoms with Crippen LogP contribution in [0.25, 0.3) is 0 Å². The molecule has 1 aliphatic heterocycles. The van der Waals surface area contributed by atoms with Crippen molar-refractivity contribution in [3.8, 4) is 5.75 Å². The average molecular weight is 352 g/mol. The van der Waals surface area contributed by atoms with Crippen LogP contribution in [0.3, 0.4) is 0 Å². The van der Waals surface area contributed by atoms with Gasteiger partial charge in [-0.25, -0.2) is 0 Å². The Morgan fingerprint density at radius 3 is 2.75 bits per heavy atom. The number of methoxy groups -OCH3 is 2. The second kappa shape index (κ2) is 6.01. The van der Waals surface area contributed by atoms with Gasteiger partial charge >= 0.3 is 0 Å². The SMILES string of the molecule is COc1ccc2c(c1)[C@]13CCN[C@H](C2)[C@]1(OC)[C@@H](C)CC(=O)C3.Cl. The first-order chi connectivity index (χ1) is 11.1. The molecule has 1 aromatic carbocycles. The predicted molar refractivity (Wildman–Crippen MR) is 95.2 cm³/mol. The number of carbonyl (C=O) groups excluding carboxylic acids is 1. The van der Waals surface area contributed by atoms with Gasteiger partial charge in [-0.3, -0.25) is 4.79 Å². The molecule has 1 N–H and O–H groups in total. The molecule has 0 amide bonds. The third-order valence-electron chi connectivity index (χ3n) is 6.57. The highest BCUT2D eigenvalue weighted by Gasteiger charge is 2.66. The lowest BCUT2D eigenvalue weighted by Gasteiger charge is -2.64. The molecule has 3 aliphatic rings. The summed E-state index contributed by atoms with van der Waals surface area (Å²) in [4.78, 5) is 12.5. The van der Waals surface area contributed by atoms with E-state index in [-0.39, 0.29) is 35.4 Å². The number of benzene rings is 1. The molecule has 2 aliphatic carbocycles. The Labute approximate surface area is 149 Å². The number of ketones is 1. The summed E-state index contributed by atoms with van der Waals surface area (Å²) in [6.07, 6.45) is 3.09. The van der Waals surface area contributed by atoms with Gasteiger partial charge in [0.2, 0.25) is 0 Å². The lowest BCUT2D eigenvalue weighted by Crippen LogP contribution is -2.76. The van der Waals surface area contributed by atoms with E-state index in [1.807, 2.05) is 13.2 Å². The molecule has 2 fully saturated rings. The highest BCUT2D eigenvalue weighted by Crippen LogP contribution is 2.59. The molecule has 24 heavy (non-hydrogen) atoms. The number of rotatable bonds is 2. The zero-order chi connectivity index (χ0) is 16.2. The standard InChI is InChI=1S/C19H25NO3.ClH/c1-12-8-14(21)11-18-6-7-20-17(19(12,18)23-3)9-13-4-5-15(22-2)10-16(13)18;/h4-5,10,12,17,20H,6-9,11H2,1-3H3;1H/t12-,17+,18+,19+;/m0./s1. The van der Waals surface area contributed by atoms with Crippen molar-refractivity contribution in [2.45, 2.75) is 49.7 Å². The van der Waals surface area contributed by atoms with E-state index in [1.165, 1.54) is 11.1 Å². The third-order valence-corrected chi connectivity index (χ3v) is 6.57. The Morgan fingerprint density at radius 2 is 2.04 bits per heavy atom. The van der Waals surface area contributed by atoms with Gasteiger partial charge in [-0.15, -0.1) is 12.4 Å². The van der Waals surface area contributed by atoms with Crippen LogP contribution < -0.4 is 10.1 Å². The monoisotopic (exact) mass is 351 g/mol. The molecular formula is C19H26ClNO3. The quantitative estimate of drug-likeness (QED) is 0.890. The fourth-order valence-electron chi connectivity index (χ4n) is 5.81. The zero-order valence-corrected chi connectivity index (χ0v) is 15.4. The molecule has 0 radical (unpaired) electrons. The first-order valence-corrected chi connectivity index (χ1v) is 8.55. The van der Waals surface area contributed by atoms with E-state index < -0.39 is 0 Å². The minimum absolute atomic E-state index is 0. The summed E-state index contributed by atoms with van der Waals surface area (Å²) >= 11 is 0. The Hall–Kier alpha value is -1.10. The third kappa shape index (κ3) is 2.03. The summed E-state index contributed by atoms with van der Waals surface area (Å²) in [6, 6.07) is 6.61. The van der Waals surface area contributed by atoms with Gasteiger partial charge in [-0.05, 0) is 48.6 Å². The van der Waals surface area contributed by atoms with Crippen molar-refractivity contribution >= 4 is 18.2 Å². The van der Waals surface area contributed by atoms with Gasteiger partial charge in [0.25, 0.3) is 0 Å². The smallest absolute Gasteiger partial charge is 0.134 e. The Kier molecular flexibility index (Phi) is 4.44. The minimum Gasteiger partial charge on any atom is -0.497 e. The largest absolute Gasteiger partial charge is 0.497 e. The molecule has 0 aromatic heterocycles. The van der Waals surface area contributed by atoms with E-state index in [4.69, 9.17) is 9.47 Å². The fraction of sp³-hybridized carbons (Fsp3) is 0.632. The molecule has 5 heteroatoms. The Balaban J connectivity index is 0.00000169. The Morgan fingerprint density at radius 1 is 1.25 bits per heavy atom. The second-order valence-electron chi connectivity index (χ2n) is 7.38. The van der Waals surface area contributed by atoms with Crippen LogP contribution in [0.2, 0.25) is 0 Å². The topological polar surface area (TPSA) is 47.6 Å². The van der Waals surface area contributed by atoms with Crippen LogP contribution in [0.15, 0.2) is 18.2 Å². The lowest BCUT2D eigenvalue weighted by atomic mass is 9.47.